The predicted molar refractivity (Wildman–Crippen MR) is 183 cm³/mol. The van der Waals surface area contributed by atoms with Gasteiger partial charge in [-0.25, -0.2) is 0 Å². The summed E-state index contributed by atoms with van der Waals surface area (Å²) in [6, 6.07) is 9.48. The van der Waals surface area contributed by atoms with Crippen molar-refractivity contribution in [2.75, 3.05) is 18.9 Å². The van der Waals surface area contributed by atoms with Crippen LogP contribution in [0.5, 0.6) is 0 Å². The molecule has 266 valence electrons. The lowest BCUT2D eigenvalue weighted by atomic mass is 9.89. The van der Waals surface area contributed by atoms with Crippen LogP contribution >= 0.6 is 0 Å². The quantitative estimate of drug-likeness (QED) is 0.170. The molecule has 5 amide bonds. The lowest BCUT2D eigenvalue weighted by molar-refractivity contribution is -0.146. The third-order valence-corrected chi connectivity index (χ3v) is 9.04. The minimum Gasteiger partial charge on any atom is -0.481 e. The number of amides is 5. The lowest BCUT2D eigenvalue weighted by Crippen LogP contribution is -2.59. The highest BCUT2D eigenvalue weighted by Crippen LogP contribution is 2.32. The Hall–Kier alpha value is -5.45. The second-order valence-corrected chi connectivity index (χ2v) is 13.1. The molecule has 0 aromatic heterocycles. The summed E-state index contributed by atoms with van der Waals surface area (Å²) in [5, 5.41) is 32.6. The van der Waals surface area contributed by atoms with Crippen molar-refractivity contribution in [3.05, 3.63) is 64.7 Å². The van der Waals surface area contributed by atoms with E-state index < -0.39 is 72.1 Å². The van der Waals surface area contributed by atoms with Crippen LogP contribution < -0.4 is 26.6 Å². The van der Waals surface area contributed by atoms with Crippen molar-refractivity contribution in [1.29, 1.82) is 5.26 Å². The summed E-state index contributed by atoms with van der Waals surface area (Å²) >= 11 is 0. The number of hydrogen-bond acceptors (Lipinski definition) is 8. The second-order valence-electron chi connectivity index (χ2n) is 13.1. The molecule has 0 aliphatic carbocycles. The van der Waals surface area contributed by atoms with Crippen molar-refractivity contribution in [3.63, 3.8) is 0 Å². The third kappa shape index (κ3) is 9.16. The first-order valence-electron chi connectivity index (χ1n) is 16.8. The number of rotatable bonds is 14. The van der Waals surface area contributed by atoms with E-state index >= 15 is 0 Å². The first-order valence-corrected chi connectivity index (χ1v) is 16.8. The number of hydrogen-bond donors (Lipinski definition) is 6. The van der Waals surface area contributed by atoms with E-state index in [1.54, 1.807) is 32.0 Å². The fourth-order valence-corrected chi connectivity index (χ4v) is 6.37. The number of carboxylic acid groups (broad SMARTS) is 1. The van der Waals surface area contributed by atoms with Crippen LogP contribution in [0.2, 0.25) is 0 Å². The number of carbonyl (C=O) groups excluding carboxylic acids is 5. The number of carboxylic acids is 1. The average Bonchev–Trinajstić information content (AvgIpc) is 3.53. The molecule has 2 aliphatic heterocycles. The molecule has 2 aromatic carbocycles. The molecule has 2 aromatic rings. The highest BCUT2D eigenvalue weighted by molar-refractivity contribution is 5.96. The van der Waals surface area contributed by atoms with Crippen LogP contribution in [0.4, 0.5) is 5.69 Å². The number of nitrogens with zero attached hydrogens (tertiary/aromatic N) is 2. The largest absolute Gasteiger partial charge is 0.481 e. The summed E-state index contributed by atoms with van der Waals surface area (Å²) in [5.41, 5.74) is 4.14. The molecule has 0 bridgehead atoms. The van der Waals surface area contributed by atoms with Crippen LogP contribution in [0.15, 0.2) is 42.5 Å². The molecule has 6 N–H and O–H groups in total. The van der Waals surface area contributed by atoms with E-state index in [0.29, 0.717) is 18.4 Å². The second kappa shape index (κ2) is 16.8. The van der Waals surface area contributed by atoms with Gasteiger partial charge >= 0.3 is 5.97 Å². The zero-order chi connectivity index (χ0) is 36.5. The van der Waals surface area contributed by atoms with Crippen molar-refractivity contribution >= 4 is 41.2 Å². The molecular formula is C36H45N7O7. The normalized spacial score (nSPS) is 17.9. The Morgan fingerprint density at radius 2 is 1.76 bits per heavy atom. The standard InChI is InChI=1S/C36H45N7O7/c1-20(2)31(36(50)43-15-14-22-16-21(3)12-13-25(22)32(43)35(49)39-24(19-37)18-30(45)46)42-33(47)27(10-7-11-29(44)38-4)41-34(48)28-17-23-8-5-6-9-26(23)40-28/h5-6,8-9,12-13,16,20,24,27-28,31-32,40H,7,10-11,14-15,17-18H2,1-4H3,(H,38,44)(H,39,49)(H,41,48)(H,42,47)(H,45,46)/t24-,27-,28?,31-,32-/m0/s1. The van der Waals surface area contributed by atoms with Gasteiger partial charge < -0.3 is 36.6 Å². The molecule has 50 heavy (non-hydrogen) atoms. The van der Waals surface area contributed by atoms with Crippen molar-refractivity contribution in [2.45, 2.75) is 89.5 Å². The first-order chi connectivity index (χ1) is 23.8. The molecule has 0 radical (unpaired) electrons. The van der Waals surface area contributed by atoms with Crippen molar-refractivity contribution < 1.29 is 33.9 Å². The smallest absolute Gasteiger partial charge is 0.306 e. The Labute approximate surface area is 291 Å². The summed E-state index contributed by atoms with van der Waals surface area (Å²) in [6.07, 6.45) is 0.786. The zero-order valence-corrected chi connectivity index (χ0v) is 28.7. The Kier molecular flexibility index (Phi) is 12.5. The summed E-state index contributed by atoms with van der Waals surface area (Å²) in [5.74, 6) is -4.20. The van der Waals surface area contributed by atoms with Gasteiger partial charge in [0.25, 0.3) is 0 Å². The number of nitrogens with one attached hydrogen (secondary N) is 5. The number of anilines is 1. The summed E-state index contributed by atoms with van der Waals surface area (Å²) in [7, 11) is 1.51. The number of para-hydroxylation sites is 1. The van der Waals surface area contributed by atoms with E-state index in [-0.39, 0.29) is 31.7 Å². The molecule has 4 rings (SSSR count). The fourth-order valence-electron chi connectivity index (χ4n) is 6.37. The number of benzene rings is 2. The van der Waals surface area contributed by atoms with E-state index in [2.05, 4.69) is 26.6 Å². The summed E-state index contributed by atoms with van der Waals surface area (Å²) < 4.78 is 0. The molecule has 14 nitrogen and oxygen atoms in total. The summed E-state index contributed by atoms with van der Waals surface area (Å²) in [4.78, 5) is 80.0. The van der Waals surface area contributed by atoms with Crippen LogP contribution in [-0.2, 0) is 41.6 Å². The SMILES string of the molecule is CNC(=O)CCC[C@H](NC(=O)C1Cc2ccccc2N1)C(=O)N[C@H](C(=O)N1CCc2cc(C)ccc2[C@H]1C(=O)N[C@H](C#N)CC(=O)O)C(C)C. The van der Waals surface area contributed by atoms with Crippen LogP contribution in [0.25, 0.3) is 0 Å². The molecule has 1 unspecified atom stereocenters. The van der Waals surface area contributed by atoms with E-state index in [1.807, 2.05) is 37.3 Å². The lowest BCUT2D eigenvalue weighted by Gasteiger charge is -2.39. The van der Waals surface area contributed by atoms with Gasteiger partial charge in [-0.15, -0.1) is 0 Å². The maximum atomic E-state index is 14.3. The predicted octanol–water partition coefficient (Wildman–Crippen LogP) is 1.48. The molecule has 0 spiro atoms. The van der Waals surface area contributed by atoms with Gasteiger partial charge in [0.05, 0.1) is 12.5 Å². The Bertz CT molecular complexity index is 1640. The molecule has 5 atom stereocenters. The van der Waals surface area contributed by atoms with Crippen molar-refractivity contribution in [1.82, 2.24) is 26.2 Å². The van der Waals surface area contributed by atoms with Crippen LogP contribution in [0.3, 0.4) is 0 Å². The monoisotopic (exact) mass is 687 g/mol. The number of aliphatic carboxylic acids is 1. The number of carbonyl (C=O) groups is 6. The number of nitriles is 1. The Morgan fingerprint density at radius 3 is 2.42 bits per heavy atom. The maximum Gasteiger partial charge on any atom is 0.306 e. The van der Waals surface area contributed by atoms with Crippen LogP contribution in [0, 0.1) is 24.2 Å². The van der Waals surface area contributed by atoms with Crippen molar-refractivity contribution in [3.8, 4) is 6.07 Å². The molecule has 2 heterocycles. The summed E-state index contributed by atoms with van der Waals surface area (Å²) in [6.45, 7) is 5.53. The van der Waals surface area contributed by atoms with Gasteiger partial charge in [0.15, 0.2) is 0 Å². The topological polar surface area (TPSA) is 210 Å². The van der Waals surface area contributed by atoms with Gasteiger partial charge in [-0.05, 0) is 54.9 Å². The molecule has 0 saturated heterocycles. The highest BCUT2D eigenvalue weighted by Gasteiger charge is 2.41. The average molecular weight is 688 g/mol. The van der Waals surface area contributed by atoms with Gasteiger partial charge in [0.2, 0.25) is 29.5 Å². The Morgan fingerprint density at radius 1 is 1.02 bits per heavy atom. The highest BCUT2D eigenvalue weighted by atomic mass is 16.4. The van der Waals surface area contributed by atoms with Gasteiger partial charge in [-0.3, -0.25) is 28.8 Å². The van der Waals surface area contributed by atoms with Gasteiger partial charge in [-0.1, -0.05) is 55.8 Å². The minimum absolute atomic E-state index is 0.128. The first kappa shape index (κ1) is 37.4. The molecule has 0 fully saturated rings. The van der Waals surface area contributed by atoms with E-state index in [4.69, 9.17) is 0 Å². The van der Waals surface area contributed by atoms with E-state index in [1.165, 1.54) is 11.9 Å². The van der Waals surface area contributed by atoms with E-state index in [9.17, 15) is 39.1 Å². The molecule has 14 heteroatoms. The van der Waals surface area contributed by atoms with Gasteiger partial charge in [-0.2, -0.15) is 5.26 Å². The van der Waals surface area contributed by atoms with Crippen LogP contribution in [-0.4, -0.2) is 83.3 Å². The maximum absolute atomic E-state index is 14.3. The van der Waals surface area contributed by atoms with E-state index in [0.717, 1.165) is 22.4 Å². The van der Waals surface area contributed by atoms with Crippen molar-refractivity contribution in [2.24, 2.45) is 5.92 Å². The molecule has 2 aliphatic rings. The third-order valence-electron chi connectivity index (χ3n) is 9.04. The van der Waals surface area contributed by atoms with Gasteiger partial charge in [0, 0.05) is 32.1 Å². The number of fused-ring (bicyclic) bond motifs is 2. The minimum atomic E-state index is -1.32. The molecular weight excluding hydrogens is 642 g/mol. The Balaban J connectivity index is 1.57. The number of aryl methyl sites for hydroxylation is 1. The fraction of sp³-hybridized carbons (Fsp3) is 0.472. The molecule has 0 saturated carbocycles. The van der Waals surface area contributed by atoms with Crippen LogP contribution in [0.1, 0.15) is 67.8 Å². The zero-order valence-electron chi connectivity index (χ0n) is 28.7. The van der Waals surface area contributed by atoms with Gasteiger partial charge in [0.1, 0.15) is 30.2 Å².